The van der Waals surface area contributed by atoms with Crippen molar-refractivity contribution in [2.24, 2.45) is 0 Å². The summed E-state index contributed by atoms with van der Waals surface area (Å²) >= 11 is 7.74. The molecule has 2 heterocycles. The fourth-order valence-electron chi connectivity index (χ4n) is 2.00. The molecule has 0 aliphatic heterocycles. The van der Waals surface area contributed by atoms with Crippen LogP contribution in [0.25, 0.3) is 4.96 Å². The minimum absolute atomic E-state index is 0. The summed E-state index contributed by atoms with van der Waals surface area (Å²) in [7, 11) is 0. The van der Waals surface area contributed by atoms with Gasteiger partial charge in [-0.05, 0) is 12.5 Å². The van der Waals surface area contributed by atoms with Gasteiger partial charge in [-0.2, -0.15) is 0 Å². The van der Waals surface area contributed by atoms with Gasteiger partial charge in [-0.1, -0.05) is 41.4 Å². The van der Waals surface area contributed by atoms with Crippen LogP contribution in [0.2, 0.25) is 5.15 Å². The highest BCUT2D eigenvalue weighted by Crippen LogP contribution is 2.21. The fraction of sp³-hybridized carbons (Fsp3) is 0.214. The van der Waals surface area contributed by atoms with Crippen molar-refractivity contribution in [2.75, 3.05) is 0 Å². The van der Waals surface area contributed by atoms with Gasteiger partial charge in [0, 0.05) is 24.7 Å². The van der Waals surface area contributed by atoms with Gasteiger partial charge in [0.05, 0.1) is 5.69 Å². The minimum Gasteiger partial charge on any atom is -0.307 e. The average Bonchev–Trinajstić information content (AvgIpc) is 2.94. The van der Waals surface area contributed by atoms with E-state index in [4.69, 9.17) is 11.6 Å². The molecule has 0 unspecified atom stereocenters. The molecule has 20 heavy (non-hydrogen) atoms. The van der Waals surface area contributed by atoms with Crippen LogP contribution in [0.15, 0.2) is 35.8 Å². The summed E-state index contributed by atoms with van der Waals surface area (Å²) in [6.07, 6.45) is 2.00. The summed E-state index contributed by atoms with van der Waals surface area (Å²) in [5.41, 5.74) is 3.57. The van der Waals surface area contributed by atoms with Crippen LogP contribution in [0.1, 0.15) is 16.8 Å². The van der Waals surface area contributed by atoms with Crippen LogP contribution in [0.5, 0.6) is 0 Å². The molecule has 0 saturated heterocycles. The molecule has 3 nitrogen and oxygen atoms in total. The molecule has 0 bridgehead atoms. The fourth-order valence-corrected chi connectivity index (χ4v) is 3.02. The van der Waals surface area contributed by atoms with E-state index in [1.807, 2.05) is 16.0 Å². The number of benzene rings is 1. The molecule has 1 aromatic carbocycles. The molecule has 6 heteroatoms. The molecule has 0 aliphatic rings. The number of halogens is 2. The van der Waals surface area contributed by atoms with Gasteiger partial charge in [0.15, 0.2) is 10.1 Å². The summed E-state index contributed by atoms with van der Waals surface area (Å²) in [5.74, 6) is 0. The molecular weight excluding hydrogens is 313 g/mol. The number of rotatable bonds is 4. The van der Waals surface area contributed by atoms with Crippen molar-refractivity contribution in [1.29, 1.82) is 0 Å². The molecule has 1 N–H and O–H groups in total. The Morgan fingerprint density at radius 2 is 2.00 bits per heavy atom. The Morgan fingerprint density at radius 3 is 2.75 bits per heavy atom. The summed E-state index contributed by atoms with van der Waals surface area (Å²) < 4.78 is 2.04. The zero-order valence-corrected chi connectivity index (χ0v) is 13.4. The Bertz CT molecular complexity index is 688. The summed E-state index contributed by atoms with van der Waals surface area (Å²) in [6, 6.07) is 8.53. The van der Waals surface area contributed by atoms with Crippen molar-refractivity contribution >= 4 is 40.3 Å². The Morgan fingerprint density at radius 1 is 1.25 bits per heavy atom. The molecule has 3 aromatic rings. The maximum absolute atomic E-state index is 6.15. The quantitative estimate of drug-likeness (QED) is 0.782. The van der Waals surface area contributed by atoms with Crippen LogP contribution in [0.3, 0.4) is 0 Å². The number of imidazole rings is 1. The van der Waals surface area contributed by atoms with E-state index in [1.54, 1.807) is 11.3 Å². The monoisotopic (exact) mass is 327 g/mol. The third-order valence-electron chi connectivity index (χ3n) is 3.05. The van der Waals surface area contributed by atoms with E-state index < -0.39 is 0 Å². The van der Waals surface area contributed by atoms with Crippen molar-refractivity contribution in [3.8, 4) is 0 Å². The SMILES string of the molecule is Cc1ccc(CNCc2c(Cl)nc3sccn23)cc1.Cl. The molecule has 0 spiro atoms. The van der Waals surface area contributed by atoms with Crippen molar-refractivity contribution in [3.63, 3.8) is 0 Å². The van der Waals surface area contributed by atoms with E-state index >= 15 is 0 Å². The van der Waals surface area contributed by atoms with Gasteiger partial charge in [0.2, 0.25) is 0 Å². The molecule has 0 atom stereocenters. The van der Waals surface area contributed by atoms with Crippen LogP contribution < -0.4 is 5.32 Å². The smallest absolute Gasteiger partial charge is 0.195 e. The lowest BCUT2D eigenvalue weighted by Gasteiger charge is -2.05. The van der Waals surface area contributed by atoms with Crippen LogP contribution >= 0.6 is 35.3 Å². The molecule has 2 aromatic heterocycles. The first-order valence-electron chi connectivity index (χ1n) is 6.10. The van der Waals surface area contributed by atoms with Crippen molar-refractivity contribution in [3.05, 3.63) is 57.8 Å². The number of nitrogens with one attached hydrogen (secondary N) is 1. The molecule has 0 saturated carbocycles. The second-order valence-corrected chi connectivity index (χ2v) is 5.73. The zero-order valence-electron chi connectivity index (χ0n) is 11.0. The van der Waals surface area contributed by atoms with Crippen molar-refractivity contribution < 1.29 is 0 Å². The van der Waals surface area contributed by atoms with Gasteiger partial charge < -0.3 is 5.32 Å². The first-order valence-corrected chi connectivity index (χ1v) is 7.36. The molecule has 0 fully saturated rings. The highest BCUT2D eigenvalue weighted by atomic mass is 35.5. The number of aryl methyl sites for hydroxylation is 1. The van der Waals surface area contributed by atoms with Gasteiger partial charge in [0.1, 0.15) is 0 Å². The summed E-state index contributed by atoms with van der Waals surface area (Å²) in [6.45, 7) is 3.63. The molecule has 0 aliphatic carbocycles. The molecular formula is C14H15Cl2N3S. The largest absolute Gasteiger partial charge is 0.307 e. The predicted molar refractivity (Wildman–Crippen MR) is 87.0 cm³/mol. The van der Waals surface area contributed by atoms with Crippen LogP contribution in [0, 0.1) is 6.92 Å². The van der Waals surface area contributed by atoms with Gasteiger partial charge in [-0.25, -0.2) is 4.98 Å². The predicted octanol–water partition coefficient (Wildman–Crippen LogP) is 4.07. The Hall–Kier alpha value is -1.07. The standard InChI is InChI=1S/C14H14ClN3S.ClH/c1-10-2-4-11(5-3-10)8-16-9-12-13(15)17-14-18(12)6-7-19-14;/h2-7,16H,8-9H2,1H3;1H. The van der Waals surface area contributed by atoms with E-state index in [-0.39, 0.29) is 12.4 Å². The number of aromatic nitrogens is 2. The van der Waals surface area contributed by atoms with Crippen LogP contribution in [0.4, 0.5) is 0 Å². The number of hydrogen-bond donors (Lipinski definition) is 1. The lowest BCUT2D eigenvalue weighted by Crippen LogP contribution is -2.14. The molecule has 106 valence electrons. The van der Waals surface area contributed by atoms with E-state index in [1.165, 1.54) is 11.1 Å². The van der Waals surface area contributed by atoms with Crippen molar-refractivity contribution in [2.45, 2.75) is 20.0 Å². The third-order valence-corrected chi connectivity index (χ3v) is 4.11. The second-order valence-electron chi connectivity index (χ2n) is 4.49. The van der Waals surface area contributed by atoms with Crippen LogP contribution in [-0.2, 0) is 13.1 Å². The summed E-state index contributed by atoms with van der Waals surface area (Å²) in [4.78, 5) is 5.26. The maximum Gasteiger partial charge on any atom is 0.195 e. The highest BCUT2D eigenvalue weighted by Gasteiger charge is 2.10. The van der Waals surface area contributed by atoms with E-state index in [0.717, 1.165) is 17.2 Å². The molecule has 0 amide bonds. The number of nitrogens with zero attached hydrogens (tertiary/aromatic N) is 2. The van der Waals surface area contributed by atoms with E-state index in [2.05, 4.69) is 41.5 Å². The lowest BCUT2D eigenvalue weighted by molar-refractivity contribution is 0.676. The normalized spacial score (nSPS) is 10.7. The number of thiazole rings is 1. The Kier molecular flexibility index (Phi) is 5.05. The zero-order chi connectivity index (χ0) is 13.2. The van der Waals surface area contributed by atoms with Gasteiger partial charge >= 0.3 is 0 Å². The number of hydrogen-bond acceptors (Lipinski definition) is 3. The topological polar surface area (TPSA) is 29.3 Å². The Labute approximate surface area is 133 Å². The van der Waals surface area contributed by atoms with E-state index in [9.17, 15) is 0 Å². The van der Waals surface area contributed by atoms with Crippen molar-refractivity contribution in [1.82, 2.24) is 14.7 Å². The maximum atomic E-state index is 6.15. The number of fused-ring (bicyclic) bond motifs is 1. The third kappa shape index (κ3) is 3.15. The first kappa shape index (κ1) is 15.3. The van der Waals surface area contributed by atoms with Gasteiger partial charge in [-0.15, -0.1) is 23.7 Å². The lowest BCUT2D eigenvalue weighted by atomic mass is 10.1. The highest BCUT2D eigenvalue weighted by molar-refractivity contribution is 7.15. The van der Waals surface area contributed by atoms with Crippen LogP contribution in [-0.4, -0.2) is 9.38 Å². The molecule has 3 rings (SSSR count). The summed E-state index contributed by atoms with van der Waals surface area (Å²) in [5, 5.41) is 6.01. The Balaban J connectivity index is 0.00000147. The van der Waals surface area contributed by atoms with Gasteiger partial charge in [-0.3, -0.25) is 4.40 Å². The average molecular weight is 328 g/mol. The molecule has 0 radical (unpaired) electrons. The first-order chi connectivity index (χ1) is 9.24. The second kappa shape index (κ2) is 6.59. The van der Waals surface area contributed by atoms with E-state index in [0.29, 0.717) is 11.7 Å². The van der Waals surface area contributed by atoms with Gasteiger partial charge in [0.25, 0.3) is 0 Å². The minimum atomic E-state index is 0.